The minimum Gasteiger partial charge on any atom is -0.481 e. The van der Waals surface area contributed by atoms with Crippen LogP contribution in [0, 0.1) is 5.82 Å². The molecule has 10 heteroatoms. The fourth-order valence-corrected chi connectivity index (χ4v) is 6.22. The number of hydrogen-bond acceptors (Lipinski definition) is 4. The molecule has 4 rings (SSSR count). The van der Waals surface area contributed by atoms with Crippen molar-refractivity contribution in [3.63, 3.8) is 0 Å². The van der Waals surface area contributed by atoms with Crippen molar-refractivity contribution in [1.29, 1.82) is 0 Å². The van der Waals surface area contributed by atoms with E-state index in [4.69, 9.17) is 10.8 Å². The number of aliphatic carboxylic acids is 1. The number of sulfonamides is 1. The molecule has 0 saturated heterocycles. The van der Waals surface area contributed by atoms with E-state index in [-0.39, 0.29) is 11.3 Å². The second-order valence-electron chi connectivity index (χ2n) is 8.10. The first-order valence-electron chi connectivity index (χ1n) is 10.5. The number of amides is 1. The summed E-state index contributed by atoms with van der Waals surface area (Å²) in [4.78, 5) is 22.8. The molecule has 0 fully saturated rings. The van der Waals surface area contributed by atoms with Gasteiger partial charge < -0.3 is 15.4 Å². The first-order valence-corrected chi connectivity index (χ1v) is 12.0. The number of carboxylic acids is 1. The number of halogens is 1. The molecule has 8 nitrogen and oxygen atoms in total. The summed E-state index contributed by atoms with van der Waals surface area (Å²) in [5, 5.41) is 10.1. The van der Waals surface area contributed by atoms with Crippen LogP contribution in [-0.2, 0) is 39.0 Å². The van der Waals surface area contributed by atoms with E-state index < -0.39 is 40.3 Å². The Morgan fingerprint density at radius 3 is 2.52 bits per heavy atom. The molecule has 0 saturated carbocycles. The summed E-state index contributed by atoms with van der Waals surface area (Å²) < 4.78 is 43.2. The first kappa shape index (κ1) is 22.9. The van der Waals surface area contributed by atoms with Gasteiger partial charge in [0.15, 0.2) is 0 Å². The maximum atomic E-state index is 13.4. The number of aromatic nitrogens is 1. The number of para-hydroxylation sites is 1. The number of rotatable bonds is 8. The van der Waals surface area contributed by atoms with Gasteiger partial charge in [-0.2, -0.15) is 4.31 Å². The Hall–Kier alpha value is -3.24. The zero-order chi connectivity index (χ0) is 23.8. The second-order valence-corrected chi connectivity index (χ2v) is 10.00. The predicted molar refractivity (Wildman–Crippen MR) is 119 cm³/mol. The molecule has 0 bridgehead atoms. The maximum absolute atomic E-state index is 13.4. The fourth-order valence-electron chi connectivity index (χ4n) is 4.60. The van der Waals surface area contributed by atoms with Crippen LogP contribution in [-0.4, -0.2) is 46.9 Å². The minimum atomic E-state index is -4.10. The Morgan fingerprint density at radius 2 is 1.85 bits per heavy atom. The highest BCUT2D eigenvalue weighted by Gasteiger charge is 2.36. The van der Waals surface area contributed by atoms with Crippen molar-refractivity contribution in [2.24, 2.45) is 5.73 Å². The smallest absolute Gasteiger partial charge is 0.305 e. The molecule has 1 amide bonds. The summed E-state index contributed by atoms with van der Waals surface area (Å²) in [6.45, 7) is -0.175. The predicted octanol–water partition coefficient (Wildman–Crippen LogP) is 2.29. The monoisotopic (exact) mass is 473 g/mol. The lowest BCUT2D eigenvalue weighted by Crippen LogP contribution is -2.47. The average molecular weight is 474 g/mol. The van der Waals surface area contributed by atoms with E-state index in [1.165, 1.54) is 12.1 Å². The summed E-state index contributed by atoms with van der Waals surface area (Å²) in [5.74, 6) is -2.24. The lowest BCUT2D eigenvalue weighted by Gasteiger charge is -2.33. The van der Waals surface area contributed by atoms with Crippen molar-refractivity contribution in [2.75, 3.05) is 6.54 Å². The van der Waals surface area contributed by atoms with Gasteiger partial charge in [-0.05, 0) is 55.2 Å². The van der Waals surface area contributed by atoms with Crippen LogP contribution >= 0.6 is 0 Å². The van der Waals surface area contributed by atoms with Crippen molar-refractivity contribution >= 4 is 32.8 Å². The van der Waals surface area contributed by atoms with Gasteiger partial charge in [0, 0.05) is 29.2 Å². The zero-order valence-corrected chi connectivity index (χ0v) is 18.6. The average Bonchev–Trinajstić information content (AvgIpc) is 3.09. The molecule has 1 heterocycles. The molecule has 1 aromatic heterocycles. The van der Waals surface area contributed by atoms with Crippen LogP contribution < -0.4 is 5.73 Å². The Bertz CT molecular complexity index is 1320. The van der Waals surface area contributed by atoms with Crippen LogP contribution in [0.4, 0.5) is 4.39 Å². The molecule has 1 atom stereocenters. The molecule has 0 spiro atoms. The molecule has 2 aromatic carbocycles. The van der Waals surface area contributed by atoms with E-state index >= 15 is 0 Å². The summed E-state index contributed by atoms with van der Waals surface area (Å²) in [6, 6.07) is 11.5. The number of carboxylic acid groups (broad SMARTS) is 1. The number of benzene rings is 2. The molecule has 3 aromatic rings. The van der Waals surface area contributed by atoms with E-state index in [9.17, 15) is 22.4 Å². The van der Waals surface area contributed by atoms with Gasteiger partial charge in [0.2, 0.25) is 15.9 Å². The van der Waals surface area contributed by atoms with Gasteiger partial charge in [0.25, 0.3) is 0 Å². The number of carbonyl (C=O) groups is 2. The summed E-state index contributed by atoms with van der Waals surface area (Å²) >= 11 is 0. The highest BCUT2D eigenvalue weighted by Crippen LogP contribution is 2.35. The largest absolute Gasteiger partial charge is 0.481 e. The van der Waals surface area contributed by atoms with Crippen molar-refractivity contribution in [3.8, 4) is 0 Å². The van der Waals surface area contributed by atoms with E-state index in [1.807, 2.05) is 28.8 Å². The Kier molecular flexibility index (Phi) is 6.22. The fraction of sp³-hybridized carbons (Fsp3) is 0.304. The normalized spacial score (nSPS) is 16.1. The number of nitrogens with zero attached hydrogens (tertiary/aromatic N) is 2. The molecular formula is C23H24FN3O5S. The number of fused-ring (bicyclic) bond motifs is 3. The highest BCUT2D eigenvalue weighted by molar-refractivity contribution is 7.89. The third-order valence-corrected chi connectivity index (χ3v) is 7.95. The van der Waals surface area contributed by atoms with E-state index in [0.717, 1.165) is 38.6 Å². The number of primary amides is 1. The molecule has 3 N–H and O–H groups in total. The van der Waals surface area contributed by atoms with Crippen LogP contribution in [0.5, 0.6) is 0 Å². The van der Waals surface area contributed by atoms with Crippen LogP contribution in [0.1, 0.15) is 24.1 Å². The standard InChI is InChI=1S/C23H24FN3O5S/c24-15-5-8-17(9-6-15)33(31,32)27(14-22(25)28)16-7-10-21-19(13-16)18-3-1-2-4-20(18)26(21)12-11-23(29)30/h1-6,8-9,16H,7,10-14H2,(H2,25,28)(H,29,30). The molecule has 1 aliphatic rings. The van der Waals surface area contributed by atoms with Gasteiger partial charge in [0.1, 0.15) is 5.82 Å². The highest BCUT2D eigenvalue weighted by atomic mass is 32.2. The van der Waals surface area contributed by atoms with Crippen LogP contribution in [0.15, 0.2) is 53.4 Å². The van der Waals surface area contributed by atoms with Crippen molar-refractivity contribution < 1.29 is 27.5 Å². The molecule has 1 unspecified atom stereocenters. The SMILES string of the molecule is NC(=O)CN(C1CCc2c(c3ccccc3n2CCC(=O)O)C1)S(=O)(=O)c1ccc(F)cc1. The quantitative estimate of drug-likeness (QED) is 0.520. The van der Waals surface area contributed by atoms with E-state index in [1.54, 1.807) is 0 Å². The van der Waals surface area contributed by atoms with Crippen LogP contribution in [0.3, 0.4) is 0 Å². The van der Waals surface area contributed by atoms with Gasteiger partial charge in [-0.3, -0.25) is 9.59 Å². The molecule has 1 aliphatic carbocycles. The van der Waals surface area contributed by atoms with Gasteiger partial charge in [-0.25, -0.2) is 12.8 Å². The molecule has 0 radical (unpaired) electrons. The van der Waals surface area contributed by atoms with Gasteiger partial charge >= 0.3 is 5.97 Å². The van der Waals surface area contributed by atoms with Crippen molar-refractivity contribution in [1.82, 2.24) is 8.87 Å². The number of aryl methyl sites for hydroxylation is 1. The third-order valence-electron chi connectivity index (χ3n) is 6.04. The minimum absolute atomic E-state index is 0.0265. The van der Waals surface area contributed by atoms with E-state index in [0.29, 0.717) is 25.8 Å². The zero-order valence-electron chi connectivity index (χ0n) is 17.8. The van der Waals surface area contributed by atoms with Gasteiger partial charge in [-0.1, -0.05) is 18.2 Å². The summed E-state index contributed by atoms with van der Waals surface area (Å²) in [6.07, 6.45) is 1.28. The lowest BCUT2D eigenvalue weighted by atomic mass is 9.91. The van der Waals surface area contributed by atoms with Crippen molar-refractivity contribution in [2.45, 2.75) is 43.2 Å². The lowest BCUT2D eigenvalue weighted by molar-refractivity contribution is -0.137. The molecule has 33 heavy (non-hydrogen) atoms. The summed E-state index contributed by atoms with van der Waals surface area (Å²) in [7, 11) is -4.10. The van der Waals surface area contributed by atoms with Gasteiger partial charge in [0.05, 0.1) is 17.9 Å². The van der Waals surface area contributed by atoms with Gasteiger partial charge in [-0.15, -0.1) is 0 Å². The summed E-state index contributed by atoms with van der Waals surface area (Å²) in [5.41, 5.74) is 8.21. The Labute approximate surface area is 190 Å². The topological polar surface area (TPSA) is 123 Å². The number of carbonyl (C=O) groups excluding carboxylic acids is 1. The maximum Gasteiger partial charge on any atom is 0.305 e. The van der Waals surface area contributed by atoms with E-state index in [2.05, 4.69) is 0 Å². The Morgan fingerprint density at radius 1 is 1.15 bits per heavy atom. The van der Waals surface area contributed by atoms with Crippen LogP contribution in [0.2, 0.25) is 0 Å². The molecule has 0 aliphatic heterocycles. The van der Waals surface area contributed by atoms with Crippen molar-refractivity contribution in [3.05, 3.63) is 65.6 Å². The molecular weight excluding hydrogens is 449 g/mol. The number of nitrogens with two attached hydrogens (primary N) is 1. The number of hydrogen-bond donors (Lipinski definition) is 2. The first-order chi connectivity index (χ1) is 15.7. The van der Waals surface area contributed by atoms with Crippen LogP contribution in [0.25, 0.3) is 10.9 Å². The molecule has 174 valence electrons. The third kappa shape index (κ3) is 4.49. The second kappa shape index (κ2) is 8.95. The Balaban J connectivity index is 1.74.